The van der Waals surface area contributed by atoms with Gasteiger partial charge in [-0.2, -0.15) is 4.98 Å². The van der Waals surface area contributed by atoms with Gasteiger partial charge in [-0.05, 0) is 43.0 Å². The molecular formula is C26H28N4O9. The second-order valence-electron chi connectivity index (χ2n) is 8.60. The zero-order valence-corrected chi connectivity index (χ0v) is 21.1. The third-order valence-electron chi connectivity index (χ3n) is 5.51. The summed E-state index contributed by atoms with van der Waals surface area (Å²) in [6.07, 6.45) is -1.26. The van der Waals surface area contributed by atoms with Gasteiger partial charge in [0.25, 0.3) is 6.01 Å². The number of rotatable bonds is 13. The Hall–Kier alpha value is -4.94. The maximum Gasteiger partial charge on any atom is 0.408 e. The van der Waals surface area contributed by atoms with Gasteiger partial charge in [0.2, 0.25) is 5.91 Å². The minimum atomic E-state index is -1.22. The zero-order valence-electron chi connectivity index (χ0n) is 21.1. The first-order valence-electron chi connectivity index (χ1n) is 12.0. The van der Waals surface area contributed by atoms with Crippen LogP contribution < -0.4 is 21.6 Å². The highest BCUT2D eigenvalue weighted by molar-refractivity contribution is 5.98. The van der Waals surface area contributed by atoms with E-state index in [4.69, 9.17) is 19.4 Å². The number of amides is 2. The third kappa shape index (κ3) is 8.84. The molecule has 1 aromatic heterocycles. The van der Waals surface area contributed by atoms with Crippen LogP contribution in [0.1, 0.15) is 36.8 Å². The number of benzene rings is 2. The van der Waals surface area contributed by atoms with Gasteiger partial charge in [0.1, 0.15) is 12.6 Å². The van der Waals surface area contributed by atoms with E-state index in [1.807, 2.05) is 6.07 Å². The summed E-state index contributed by atoms with van der Waals surface area (Å²) in [5.74, 6) is -2.80. The lowest BCUT2D eigenvalue weighted by molar-refractivity contribution is -0.138. The summed E-state index contributed by atoms with van der Waals surface area (Å²) in [6.45, 7) is 1.79. The quantitative estimate of drug-likeness (QED) is 0.200. The molecule has 206 valence electrons. The first kappa shape index (κ1) is 28.6. The minimum absolute atomic E-state index is 0.0370. The van der Waals surface area contributed by atoms with E-state index in [1.165, 1.54) is 12.1 Å². The van der Waals surface area contributed by atoms with Gasteiger partial charge in [0, 0.05) is 25.1 Å². The predicted octanol–water partition coefficient (Wildman–Crippen LogP) is 2.87. The monoisotopic (exact) mass is 540 g/mol. The molecule has 0 radical (unpaired) electrons. The van der Waals surface area contributed by atoms with E-state index in [-0.39, 0.29) is 61.4 Å². The lowest BCUT2D eigenvalue weighted by Crippen LogP contribution is -2.44. The van der Waals surface area contributed by atoms with Gasteiger partial charge in [-0.3, -0.25) is 14.4 Å². The number of aromatic nitrogens is 1. The number of hydrogen-bond acceptors (Lipinski definition) is 9. The van der Waals surface area contributed by atoms with E-state index < -0.39 is 35.6 Å². The topological polar surface area (TPSA) is 197 Å². The SMILES string of the molecule is Cc1cc(NC(=O)[C@H](CCC(=O)O)NC(=O)OCc2ccccc2)cc2nc(NCCCC(=O)O)oc(=O)c12. The van der Waals surface area contributed by atoms with Crippen molar-refractivity contribution in [3.63, 3.8) is 0 Å². The molecule has 3 rings (SSSR count). The van der Waals surface area contributed by atoms with Crippen molar-refractivity contribution in [2.24, 2.45) is 0 Å². The predicted molar refractivity (Wildman–Crippen MR) is 139 cm³/mol. The molecule has 0 unspecified atom stereocenters. The van der Waals surface area contributed by atoms with Crippen molar-refractivity contribution in [2.75, 3.05) is 17.2 Å². The number of hydrogen-bond donors (Lipinski definition) is 5. The van der Waals surface area contributed by atoms with Crippen LogP contribution in [0.15, 0.2) is 51.7 Å². The molecule has 39 heavy (non-hydrogen) atoms. The first-order chi connectivity index (χ1) is 18.6. The number of ether oxygens (including phenoxy) is 1. The highest BCUT2D eigenvalue weighted by atomic mass is 16.5. The van der Waals surface area contributed by atoms with Gasteiger partial charge >= 0.3 is 23.7 Å². The second-order valence-corrected chi connectivity index (χ2v) is 8.60. The van der Waals surface area contributed by atoms with Crippen molar-refractivity contribution in [1.29, 1.82) is 0 Å². The van der Waals surface area contributed by atoms with E-state index >= 15 is 0 Å². The molecule has 1 heterocycles. The largest absolute Gasteiger partial charge is 0.481 e. The average Bonchev–Trinajstić information content (AvgIpc) is 2.87. The van der Waals surface area contributed by atoms with Crippen LogP contribution in [0.2, 0.25) is 0 Å². The summed E-state index contributed by atoms with van der Waals surface area (Å²) in [4.78, 5) is 63.8. The first-order valence-corrected chi connectivity index (χ1v) is 12.0. The van der Waals surface area contributed by atoms with Crippen molar-refractivity contribution in [2.45, 2.75) is 45.3 Å². The van der Waals surface area contributed by atoms with Crippen LogP contribution in [0, 0.1) is 6.92 Å². The number of aliphatic carboxylic acids is 2. The maximum absolute atomic E-state index is 13.0. The summed E-state index contributed by atoms with van der Waals surface area (Å²) >= 11 is 0. The highest BCUT2D eigenvalue weighted by Crippen LogP contribution is 2.21. The lowest BCUT2D eigenvalue weighted by atomic mass is 10.1. The second kappa shape index (κ2) is 13.6. The Balaban J connectivity index is 1.73. The standard InChI is InChI=1S/C26H28N4O9/c1-15-12-17(13-19-22(15)24(36)39-25(29-19)27-11-5-8-20(31)32)28-23(35)18(9-10-21(33)34)30-26(37)38-14-16-6-3-2-4-7-16/h2-4,6-7,12-13,18H,5,8-11,14H2,1H3,(H,27,29)(H,28,35)(H,30,37)(H,31,32)(H,33,34)/t18-/m0/s1. The maximum atomic E-state index is 13.0. The Morgan fingerprint density at radius 3 is 2.46 bits per heavy atom. The van der Waals surface area contributed by atoms with Crippen molar-refractivity contribution in [3.8, 4) is 0 Å². The Morgan fingerprint density at radius 1 is 1.05 bits per heavy atom. The molecular weight excluding hydrogens is 512 g/mol. The number of nitrogens with zero attached hydrogens (tertiary/aromatic N) is 1. The van der Waals surface area contributed by atoms with Crippen LogP contribution in [-0.2, 0) is 25.7 Å². The van der Waals surface area contributed by atoms with E-state index in [0.29, 0.717) is 5.56 Å². The average molecular weight is 541 g/mol. The smallest absolute Gasteiger partial charge is 0.408 e. The molecule has 1 atom stereocenters. The van der Waals surface area contributed by atoms with Crippen molar-refractivity contribution < 1.29 is 38.5 Å². The fraction of sp³-hybridized carbons (Fsp3) is 0.308. The van der Waals surface area contributed by atoms with Crippen molar-refractivity contribution >= 4 is 46.5 Å². The minimum Gasteiger partial charge on any atom is -0.481 e. The Morgan fingerprint density at radius 2 is 1.77 bits per heavy atom. The van der Waals surface area contributed by atoms with Gasteiger partial charge in [0.15, 0.2) is 0 Å². The Bertz CT molecular complexity index is 1410. The van der Waals surface area contributed by atoms with Gasteiger partial charge in [0.05, 0.1) is 10.9 Å². The van der Waals surface area contributed by atoms with E-state index in [0.717, 1.165) is 5.56 Å². The molecule has 0 spiro atoms. The molecule has 0 fully saturated rings. The molecule has 13 nitrogen and oxygen atoms in total. The van der Waals surface area contributed by atoms with Crippen molar-refractivity contribution in [1.82, 2.24) is 10.3 Å². The summed E-state index contributed by atoms with van der Waals surface area (Å²) in [5.41, 5.74) is 0.981. The Labute approximate surface area is 222 Å². The molecule has 0 saturated carbocycles. The summed E-state index contributed by atoms with van der Waals surface area (Å²) in [5, 5.41) is 25.8. The fourth-order valence-electron chi connectivity index (χ4n) is 3.65. The number of carboxylic acids is 2. The van der Waals surface area contributed by atoms with Crippen molar-refractivity contribution in [3.05, 3.63) is 64.0 Å². The van der Waals surface area contributed by atoms with Gasteiger partial charge in [-0.25, -0.2) is 9.59 Å². The summed E-state index contributed by atoms with van der Waals surface area (Å²) < 4.78 is 10.3. The van der Waals surface area contributed by atoms with E-state index in [1.54, 1.807) is 31.2 Å². The molecule has 0 aliphatic heterocycles. The normalized spacial score (nSPS) is 11.4. The number of carbonyl (C=O) groups is 4. The number of alkyl carbamates (subject to hydrolysis) is 1. The molecule has 0 saturated heterocycles. The number of anilines is 2. The van der Waals surface area contributed by atoms with Crippen LogP contribution in [0.3, 0.4) is 0 Å². The van der Waals surface area contributed by atoms with Crippen LogP contribution in [0.5, 0.6) is 0 Å². The molecule has 3 aromatic rings. The van der Waals surface area contributed by atoms with Gasteiger partial charge in [-0.1, -0.05) is 30.3 Å². The Kier molecular flexibility index (Phi) is 9.95. The molecule has 2 amide bonds. The third-order valence-corrected chi connectivity index (χ3v) is 5.51. The lowest BCUT2D eigenvalue weighted by Gasteiger charge is -2.18. The molecule has 0 bridgehead atoms. The molecule has 13 heteroatoms. The molecule has 0 aliphatic carbocycles. The molecule has 2 aromatic carbocycles. The summed E-state index contributed by atoms with van der Waals surface area (Å²) in [6, 6.07) is 10.5. The number of carbonyl (C=O) groups excluding carboxylic acids is 2. The zero-order chi connectivity index (χ0) is 28.4. The van der Waals surface area contributed by atoms with Gasteiger partial charge < -0.3 is 35.3 Å². The highest BCUT2D eigenvalue weighted by Gasteiger charge is 2.23. The summed E-state index contributed by atoms with van der Waals surface area (Å²) in [7, 11) is 0. The van der Waals surface area contributed by atoms with E-state index in [9.17, 15) is 24.0 Å². The molecule has 5 N–H and O–H groups in total. The van der Waals surface area contributed by atoms with Crippen LogP contribution >= 0.6 is 0 Å². The molecule has 0 aliphatic rings. The van der Waals surface area contributed by atoms with Crippen LogP contribution in [-0.4, -0.2) is 51.7 Å². The van der Waals surface area contributed by atoms with Crippen LogP contribution in [0.25, 0.3) is 10.9 Å². The number of nitrogens with one attached hydrogen (secondary N) is 3. The van der Waals surface area contributed by atoms with Crippen LogP contribution in [0.4, 0.5) is 16.5 Å². The number of carboxylic acid groups (broad SMARTS) is 2. The number of fused-ring (bicyclic) bond motifs is 1. The van der Waals surface area contributed by atoms with Gasteiger partial charge in [-0.15, -0.1) is 0 Å². The fourth-order valence-corrected chi connectivity index (χ4v) is 3.65. The number of aryl methyl sites for hydroxylation is 1. The van der Waals surface area contributed by atoms with E-state index in [2.05, 4.69) is 20.9 Å².